The fourth-order valence-corrected chi connectivity index (χ4v) is 2.29. The molecule has 0 unspecified atom stereocenters. The van der Waals surface area contributed by atoms with E-state index in [9.17, 15) is 9.59 Å². The van der Waals surface area contributed by atoms with Gasteiger partial charge < -0.3 is 15.6 Å². The summed E-state index contributed by atoms with van der Waals surface area (Å²) < 4.78 is 0. The second-order valence-corrected chi connectivity index (χ2v) is 4.80. The smallest absolute Gasteiger partial charge is 0.257 e. The molecule has 0 atom stereocenters. The third kappa shape index (κ3) is 2.56. The normalized spacial score (nSPS) is 13.2. The van der Waals surface area contributed by atoms with Crippen molar-refractivity contribution in [3.05, 3.63) is 58.0 Å². The highest BCUT2D eigenvalue weighted by molar-refractivity contribution is 6.04. The van der Waals surface area contributed by atoms with Gasteiger partial charge in [-0.25, -0.2) is 0 Å². The van der Waals surface area contributed by atoms with Gasteiger partial charge >= 0.3 is 0 Å². The lowest BCUT2D eigenvalue weighted by molar-refractivity contribution is 0.102. The van der Waals surface area contributed by atoms with Crippen molar-refractivity contribution in [2.45, 2.75) is 12.8 Å². The Labute approximate surface area is 116 Å². The van der Waals surface area contributed by atoms with Gasteiger partial charge in [0.2, 0.25) is 5.56 Å². The summed E-state index contributed by atoms with van der Waals surface area (Å²) in [4.78, 5) is 25.5. The number of carbonyl (C=O) groups excluding carboxylic acids is 1. The Morgan fingerprint density at radius 1 is 1.20 bits per heavy atom. The summed E-state index contributed by atoms with van der Waals surface area (Å²) in [6, 6.07) is 8.71. The van der Waals surface area contributed by atoms with Crippen LogP contribution in [0.15, 0.2) is 41.3 Å². The second-order valence-electron chi connectivity index (χ2n) is 4.80. The molecule has 1 aromatic carbocycles. The molecule has 20 heavy (non-hydrogen) atoms. The number of aromatic nitrogens is 1. The zero-order chi connectivity index (χ0) is 13.9. The Balaban J connectivity index is 1.79. The molecule has 3 N–H and O–H groups in total. The first-order valence-corrected chi connectivity index (χ1v) is 6.59. The summed E-state index contributed by atoms with van der Waals surface area (Å²) in [5, 5.41) is 6.15. The van der Waals surface area contributed by atoms with E-state index in [1.54, 1.807) is 0 Å². The standard InChI is InChI=1S/C15H15N3O2/c19-14-6-4-11(9-17-14)15(20)18-12-5-3-10-2-1-7-16-13(10)8-12/h3-6,8-9,16H,1-2,7H2,(H,17,19)(H,18,20). The Kier molecular flexibility index (Phi) is 3.25. The lowest BCUT2D eigenvalue weighted by Crippen LogP contribution is -2.16. The summed E-state index contributed by atoms with van der Waals surface area (Å²) in [5.41, 5.74) is 3.30. The van der Waals surface area contributed by atoms with Crippen LogP contribution >= 0.6 is 0 Å². The van der Waals surface area contributed by atoms with Gasteiger partial charge in [-0.05, 0) is 36.6 Å². The van der Waals surface area contributed by atoms with Crippen LogP contribution in [0.4, 0.5) is 11.4 Å². The van der Waals surface area contributed by atoms with E-state index in [1.165, 1.54) is 23.9 Å². The molecule has 3 rings (SSSR count). The molecule has 1 aliphatic rings. The third-order valence-corrected chi connectivity index (χ3v) is 3.35. The number of fused-ring (bicyclic) bond motifs is 1. The molecule has 2 heterocycles. The van der Waals surface area contributed by atoms with Crippen molar-refractivity contribution in [1.29, 1.82) is 0 Å². The van der Waals surface area contributed by atoms with Crippen LogP contribution < -0.4 is 16.2 Å². The highest BCUT2D eigenvalue weighted by Gasteiger charge is 2.11. The van der Waals surface area contributed by atoms with Crippen LogP contribution in [0.3, 0.4) is 0 Å². The van der Waals surface area contributed by atoms with Crippen LogP contribution in [0.2, 0.25) is 0 Å². The number of rotatable bonds is 2. The molecule has 2 aromatic rings. The predicted octanol–water partition coefficient (Wildman–Crippen LogP) is 1.99. The number of anilines is 2. The first-order chi connectivity index (χ1) is 9.72. The van der Waals surface area contributed by atoms with E-state index in [2.05, 4.69) is 15.6 Å². The maximum Gasteiger partial charge on any atom is 0.257 e. The number of carbonyl (C=O) groups is 1. The summed E-state index contributed by atoms with van der Waals surface area (Å²) in [6.45, 7) is 0.963. The minimum atomic E-state index is -0.239. The molecule has 0 radical (unpaired) electrons. The number of amides is 1. The second kappa shape index (κ2) is 5.21. The highest BCUT2D eigenvalue weighted by atomic mass is 16.1. The average molecular weight is 269 g/mol. The van der Waals surface area contributed by atoms with Gasteiger partial charge in [-0.15, -0.1) is 0 Å². The van der Waals surface area contributed by atoms with Gasteiger partial charge in [0, 0.05) is 30.2 Å². The SMILES string of the molecule is O=C(Nc1ccc2c(c1)NCCC2)c1ccc(=O)[nH]c1. The molecule has 1 aromatic heterocycles. The Morgan fingerprint density at radius 3 is 2.90 bits per heavy atom. The van der Waals surface area contributed by atoms with E-state index in [0.717, 1.165) is 30.8 Å². The fourth-order valence-electron chi connectivity index (χ4n) is 2.29. The Hall–Kier alpha value is -2.56. The van der Waals surface area contributed by atoms with Crippen LogP contribution in [0.5, 0.6) is 0 Å². The van der Waals surface area contributed by atoms with E-state index in [4.69, 9.17) is 0 Å². The number of H-pyrrole nitrogens is 1. The molecule has 0 bridgehead atoms. The van der Waals surface area contributed by atoms with Gasteiger partial charge in [0.15, 0.2) is 0 Å². The summed E-state index contributed by atoms with van der Waals surface area (Å²) >= 11 is 0. The Bertz CT molecular complexity index is 686. The first kappa shape index (κ1) is 12.5. The first-order valence-electron chi connectivity index (χ1n) is 6.59. The van der Waals surface area contributed by atoms with Crippen molar-refractivity contribution in [3.8, 4) is 0 Å². The third-order valence-electron chi connectivity index (χ3n) is 3.35. The topological polar surface area (TPSA) is 74.0 Å². The minimum Gasteiger partial charge on any atom is -0.385 e. The molecule has 0 aliphatic carbocycles. The molecule has 0 spiro atoms. The van der Waals surface area contributed by atoms with Gasteiger partial charge in [-0.2, -0.15) is 0 Å². The van der Waals surface area contributed by atoms with Gasteiger partial charge in [0.1, 0.15) is 0 Å². The molecule has 102 valence electrons. The van der Waals surface area contributed by atoms with Gasteiger partial charge in [0.25, 0.3) is 5.91 Å². The fraction of sp³-hybridized carbons (Fsp3) is 0.200. The van der Waals surface area contributed by atoms with Gasteiger partial charge in [0.05, 0.1) is 5.56 Å². The van der Waals surface area contributed by atoms with Crippen LogP contribution in [0.1, 0.15) is 22.3 Å². The van der Waals surface area contributed by atoms with Crippen molar-refractivity contribution < 1.29 is 4.79 Å². The van der Waals surface area contributed by atoms with Crippen molar-refractivity contribution in [3.63, 3.8) is 0 Å². The Morgan fingerprint density at radius 2 is 2.10 bits per heavy atom. The number of hydrogen-bond acceptors (Lipinski definition) is 3. The molecule has 5 nitrogen and oxygen atoms in total. The maximum absolute atomic E-state index is 12.0. The zero-order valence-electron chi connectivity index (χ0n) is 10.9. The molecule has 1 aliphatic heterocycles. The molecule has 0 fully saturated rings. The number of hydrogen-bond donors (Lipinski definition) is 3. The van der Waals surface area contributed by atoms with Crippen LogP contribution in [-0.2, 0) is 6.42 Å². The number of aryl methyl sites for hydroxylation is 1. The minimum absolute atomic E-state index is 0.223. The van der Waals surface area contributed by atoms with E-state index in [1.807, 2.05) is 18.2 Å². The number of nitrogens with one attached hydrogen (secondary N) is 3. The van der Waals surface area contributed by atoms with E-state index in [-0.39, 0.29) is 11.5 Å². The number of benzene rings is 1. The number of aromatic amines is 1. The van der Waals surface area contributed by atoms with E-state index < -0.39 is 0 Å². The van der Waals surface area contributed by atoms with Crippen molar-refractivity contribution in [2.75, 3.05) is 17.2 Å². The van der Waals surface area contributed by atoms with Crippen LogP contribution in [0, 0.1) is 0 Å². The number of pyridine rings is 1. The van der Waals surface area contributed by atoms with Crippen LogP contribution in [-0.4, -0.2) is 17.4 Å². The van der Waals surface area contributed by atoms with Crippen molar-refractivity contribution in [1.82, 2.24) is 4.98 Å². The van der Waals surface area contributed by atoms with E-state index >= 15 is 0 Å². The lowest BCUT2D eigenvalue weighted by atomic mass is 10.0. The molecular formula is C15H15N3O2. The molecule has 0 saturated heterocycles. The van der Waals surface area contributed by atoms with E-state index in [0.29, 0.717) is 5.56 Å². The van der Waals surface area contributed by atoms with Gasteiger partial charge in [-0.3, -0.25) is 9.59 Å². The van der Waals surface area contributed by atoms with Crippen molar-refractivity contribution in [2.24, 2.45) is 0 Å². The lowest BCUT2D eigenvalue weighted by Gasteiger charge is -2.18. The molecule has 5 heteroatoms. The maximum atomic E-state index is 12.0. The monoisotopic (exact) mass is 269 g/mol. The summed E-state index contributed by atoms with van der Waals surface area (Å²) in [7, 11) is 0. The van der Waals surface area contributed by atoms with Gasteiger partial charge in [-0.1, -0.05) is 6.07 Å². The quantitative estimate of drug-likeness (QED) is 0.780. The molecule has 1 amide bonds. The molecule has 0 saturated carbocycles. The molecular weight excluding hydrogens is 254 g/mol. The summed E-state index contributed by atoms with van der Waals surface area (Å²) in [5.74, 6) is -0.239. The largest absolute Gasteiger partial charge is 0.385 e. The zero-order valence-corrected chi connectivity index (χ0v) is 10.9. The average Bonchev–Trinajstić information content (AvgIpc) is 2.48. The van der Waals surface area contributed by atoms with Crippen molar-refractivity contribution >= 4 is 17.3 Å². The highest BCUT2D eigenvalue weighted by Crippen LogP contribution is 2.25. The predicted molar refractivity (Wildman–Crippen MR) is 78.3 cm³/mol. The van der Waals surface area contributed by atoms with Crippen LogP contribution in [0.25, 0.3) is 0 Å². The summed E-state index contributed by atoms with van der Waals surface area (Å²) in [6.07, 6.45) is 3.61.